The summed E-state index contributed by atoms with van der Waals surface area (Å²) in [6, 6.07) is 7.50. The first-order valence-electron chi connectivity index (χ1n) is 14.1. The first-order valence-corrected chi connectivity index (χ1v) is 14.4. The molecule has 1 saturated heterocycles. The zero-order valence-electron chi connectivity index (χ0n) is 24.8. The van der Waals surface area contributed by atoms with Gasteiger partial charge in [0.25, 0.3) is 0 Å². The van der Waals surface area contributed by atoms with Gasteiger partial charge in [0.05, 0.1) is 33.2 Å². The molecule has 1 aliphatic rings. The van der Waals surface area contributed by atoms with Crippen LogP contribution in [0.25, 0.3) is 34.1 Å². The molecule has 5 rings (SSSR count). The van der Waals surface area contributed by atoms with Crippen LogP contribution >= 0.6 is 11.6 Å². The molecule has 0 aliphatic carbocycles. The van der Waals surface area contributed by atoms with Crippen molar-refractivity contribution in [3.63, 3.8) is 0 Å². The summed E-state index contributed by atoms with van der Waals surface area (Å²) in [5.74, 6) is 0.0632. The second kappa shape index (κ2) is 11.7. The number of anilines is 1. The number of hydrogen-bond acceptors (Lipinski definition) is 7. The van der Waals surface area contributed by atoms with Gasteiger partial charge in [-0.2, -0.15) is 4.98 Å². The van der Waals surface area contributed by atoms with Crippen LogP contribution in [0, 0.1) is 12.7 Å². The normalized spacial score (nSPS) is 17.0. The predicted octanol–water partition coefficient (Wildman–Crippen LogP) is 5.72. The molecule has 4 aromatic rings. The molecule has 0 saturated carbocycles. The minimum absolute atomic E-state index is 0.0910. The SMILES string of the molecule is C=CC(=O)N1C[C@H](C)N(c2nc(=O)n(-c3c(C)nc(C=C)nc3C(C)C)c3nc(-c4ccccc4F)c(Cl)cc23)C[C@H]1C. The Bertz CT molecular complexity index is 1840. The van der Waals surface area contributed by atoms with Gasteiger partial charge in [-0.3, -0.25) is 4.79 Å². The molecule has 1 aliphatic heterocycles. The maximum atomic E-state index is 15.0. The van der Waals surface area contributed by atoms with Gasteiger partial charge < -0.3 is 9.80 Å². The van der Waals surface area contributed by atoms with Gasteiger partial charge in [-0.1, -0.05) is 50.7 Å². The van der Waals surface area contributed by atoms with Gasteiger partial charge in [0, 0.05) is 30.7 Å². The second-order valence-electron chi connectivity index (χ2n) is 11.0. The van der Waals surface area contributed by atoms with Gasteiger partial charge >= 0.3 is 5.69 Å². The lowest BCUT2D eigenvalue weighted by Crippen LogP contribution is -2.58. The maximum absolute atomic E-state index is 15.0. The van der Waals surface area contributed by atoms with Crippen LogP contribution in [0.4, 0.5) is 10.2 Å². The van der Waals surface area contributed by atoms with E-state index in [-0.39, 0.29) is 45.8 Å². The highest BCUT2D eigenvalue weighted by molar-refractivity contribution is 6.33. The van der Waals surface area contributed by atoms with Crippen LogP contribution in [0.15, 0.2) is 54.4 Å². The highest BCUT2D eigenvalue weighted by Crippen LogP contribution is 2.36. The largest absolute Gasteiger partial charge is 0.355 e. The van der Waals surface area contributed by atoms with Gasteiger partial charge in [-0.05, 0) is 57.0 Å². The number of hydrogen-bond donors (Lipinski definition) is 0. The smallest absolute Gasteiger partial charge is 0.349 e. The fourth-order valence-electron chi connectivity index (χ4n) is 5.60. The Labute approximate surface area is 254 Å². The van der Waals surface area contributed by atoms with Crippen LogP contribution in [0.1, 0.15) is 50.8 Å². The van der Waals surface area contributed by atoms with Crippen molar-refractivity contribution in [3.05, 3.63) is 88.1 Å². The first kappa shape index (κ1) is 30.0. The van der Waals surface area contributed by atoms with Gasteiger partial charge in [0.15, 0.2) is 11.5 Å². The van der Waals surface area contributed by atoms with E-state index < -0.39 is 11.5 Å². The lowest BCUT2D eigenvalue weighted by Gasteiger charge is -2.44. The third kappa shape index (κ3) is 5.31. The van der Waals surface area contributed by atoms with Crippen LogP contribution in [0.3, 0.4) is 0 Å². The van der Waals surface area contributed by atoms with Crippen molar-refractivity contribution in [3.8, 4) is 16.9 Å². The molecule has 0 N–H and O–H groups in total. The molecule has 11 heteroatoms. The lowest BCUT2D eigenvalue weighted by atomic mass is 10.1. The molecule has 9 nitrogen and oxygen atoms in total. The van der Waals surface area contributed by atoms with Crippen LogP contribution < -0.4 is 10.6 Å². The zero-order chi connectivity index (χ0) is 31.2. The van der Waals surface area contributed by atoms with E-state index in [1.165, 1.54) is 16.7 Å². The summed E-state index contributed by atoms with van der Waals surface area (Å²) in [5.41, 5.74) is 1.63. The van der Waals surface area contributed by atoms with Crippen molar-refractivity contribution in [1.29, 1.82) is 0 Å². The number of rotatable bonds is 6. The molecule has 43 heavy (non-hydrogen) atoms. The average molecular weight is 602 g/mol. The van der Waals surface area contributed by atoms with Crippen LogP contribution in [-0.2, 0) is 4.79 Å². The van der Waals surface area contributed by atoms with Crippen LogP contribution in [0.5, 0.6) is 0 Å². The van der Waals surface area contributed by atoms with E-state index in [1.54, 1.807) is 42.2 Å². The molecule has 0 unspecified atom stereocenters. The van der Waals surface area contributed by atoms with E-state index in [4.69, 9.17) is 16.6 Å². The summed E-state index contributed by atoms with van der Waals surface area (Å²) in [5, 5.41) is 0.695. The highest BCUT2D eigenvalue weighted by atomic mass is 35.5. The molecule has 1 fully saturated rings. The highest BCUT2D eigenvalue weighted by Gasteiger charge is 2.34. The number of halogens is 2. The zero-order valence-corrected chi connectivity index (χ0v) is 25.6. The molecule has 2 atom stereocenters. The third-order valence-electron chi connectivity index (χ3n) is 7.70. The van der Waals surface area contributed by atoms with Crippen molar-refractivity contribution in [2.24, 2.45) is 0 Å². The molecule has 3 aromatic heterocycles. The topological polar surface area (TPSA) is 97.1 Å². The van der Waals surface area contributed by atoms with Crippen molar-refractivity contribution in [1.82, 2.24) is 29.4 Å². The van der Waals surface area contributed by atoms with Gasteiger partial charge in [0.1, 0.15) is 11.6 Å². The van der Waals surface area contributed by atoms with Crippen molar-refractivity contribution >= 4 is 40.4 Å². The van der Waals surface area contributed by atoms with Crippen molar-refractivity contribution < 1.29 is 9.18 Å². The third-order valence-corrected chi connectivity index (χ3v) is 7.99. The lowest BCUT2D eigenvalue weighted by molar-refractivity contribution is -0.128. The second-order valence-corrected chi connectivity index (χ2v) is 11.4. The minimum atomic E-state index is -0.596. The molecular weight excluding hydrogens is 569 g/mol. The molecule has 1 aromatic carbocycles. The molecule has 0 radical (unpaired) electrons. The van der Waals surface area contributed by atoms with E-state index in [1.807, 2.05) is 32.6 Å². The summed E-state index contributed by atoms with van der Waals surface area (Å²) in [6.45, 7) is 17.8. The number of fused-ring (bicyclic) bond motifs is 1. The van der Waals surface area contributed by atoms with Crippen molar-refractivity contribution in [2.45, 2.75) is 52.6 Å². The van der Waals surface area contributed by atoms with Gasteiger partial charge in [0.2, 0.25) is 5.91 Å². The molecule has 0 spiro atoms. The summed E-state index contributed by atoms with van der Waals surface area (Å²) < 4.78 is 16.4. The Morgan fingerprint density at radius 3 is 2.47 bits per heavy atom. The van der Waals surface area contributed by atoms with E-state index in [9.17, 15) is 9.59 Å². The van der Waals surface area contributed by atoms with E-state index in [2.05, 4.69) is 28.1 Å². The fraction of sp³-hybridized carbons (Fsp3) is 0.312. The Kier molecular flexibility index (Phi) is 8.16. The van der Waals surface area contributed by atoms with E-state index in [0.717, 1.165) is 0 Å². The summed E-state index contributed by atoms with van der Waals surface area (Å²) in [7, 11) is 0. The van der Waals surface area contributed by atoms with Crippen LogP contribution in [0.2, 0.25) is 5.02 Å². The number of nitrogens with zero attached hydrogens (tertiary/aromatic N) is 7. The average Bonchev–Trinajstić information content (AvgIpc) is 2.97. The Hall–Kier alpha value is -4.44. The number of carbonyl (C=O) groups excluding carboxylic acids is 1. The molecule has 1 amide bonds. The number of piperazine rings is 1. The monoisotopic (exact) mass is 601 g/mol. The summed E-state index contributed by atoms with van der Waals surface area (Å²) >= 11 is 6.80. The van der Waals surface area contributed by atoms with Crippen molar-refractivity contribution in [2.75, 3.05) is 18.0 Å². The quantitative estimate of drug-likeness (QED) is 0.261. The summed E-state index contributed by atoms with van der Waals surface area (Å²) in [6.07, 6.45) is 2.86. The number of aryl methyl sites for hydroxylation is 1. The number of benzene rings is 1. The summed E-state index contributed by atoms with van der Waals surface area (Å²) in [4.78, 5) is 49.0. The minimum Gasteiger partial charge on any atom is -0.349 e. The molecule has 4 heterocycles. The Morgan fingerprint density at radius 1 is 1.09 bits per heavy atom. The Morgan fingerprint density at radius 2 is 1.81 bits per heavy atom. The number of amides is 1. The number of carbonyl (C=O) groups is 1. The number of pyridine rings is 1. The molecular formula is C32H33ClFN7O2. The van der Waals surface area contributed by atoms with Crippen LogP contribution in [-0.4, -0.2) is 60.5 Å². The van der Waals surface area contributed by atoms with Gasteiger partial charge in [-0.15, -0.1) is 0 Å². The maximum Gasteiger partial charge on any atom is 0.355 e. The molecule has 222 valence electrons. The first-order chi connectivity index (χ1) is 20.5. The standard InChI is InChI=1S/C32H33ClFN7O2/c1-8-25-35-20(7)29(27(36-25)17(3)4)41-31-22(14-23(33)28(37-31)21-12-10-11-13-24(21)34)30(38-32(41)43)40-16-18(5)39(15-19(40)6)26(42)9-2/h8-14,17-19H,1-2,15-16H2,3-7H3/t18-,19+/m1/s1. The van der Waals surface area contributed by atoms with E-state index in [0.29, 0.717) is 47.2 Å². The van der Waals surface area contributed by atoms with E-state index >= 15 is 4.39 Å². The molecule has 0 bridgehead atoms. The number of aromatic nitrogens is 5. The Balaban J connectivity index is 1.85. The predicted molar refractivity (Wildman–Crippen MR) is 168 cm³/mol. The van der Waals surface area contributed by atoms with Gasteiger partial charge in [-0.25, -0.2) is 28.7 Å². The fourth-order valence-corrected chi connectivity index (χ4v) is 5.85.